The van der Waals surface area contributed by atoms with Gasteiger partial charge >= 0.3 is 0 Å². The van der Waals surface area contributed by atoms with Crippen LogP contribution in [0, 0.1) is 0 Å². The van der Waals surface area contributed by atoms with E-state index in [4.69, 9.17) is 5.10 Å². The van der Waals surface area contributed by atoms with Crippen LogP contribution >= 0.6 is 0 Å². The van der Waals surface area contributed by atoms with Gasteiger partial charge < -0.3 is 0 Å². The molecule has 4 rings (SSSR count). The molecule has 1 fully saturated rings. The molecule has 3 aromatic rings. The van der Waals surface area contributed by atoms with E-state index in [9.17, 15) is 0 Å². The van der Waals surface area contributed by atoms with Crippen molar-refractivity contribution in [1.29, 1.82) is 0 Å². The van der Waals surface area contributed by atoms with Crippen LogP contribution in [0.25, 0.3) is 5.95 Å². The van der Waals surface area contributed by atoms with Gasteiger partial charge in [-0.2, -0.15) is 5.10 Å². The maximum Gasteiger partial charge on any atom is 0.250 e. The summed E-state index contributed by atoms with van der Waals surface area (Å²) in [5.74, 6) is 1.69. The molecule has 1 aromatic carbocycles. The van der Waals surface area contributed by atoms with E-state index in [2.05, 4.69) is 78.5 Å². The topological polar surface area (TPSA) is 43.6 Å². The van der Waals surface area contributed by atoms with Crippen molar-refractivity contribution >= 4 is 0 Å². The van der Waals surface area contributed by atoms with Crippen molar-refractivity contribution in [2.45, 2.75) is 89.9 Å². The quantitative estimate of drug-likeness (QED) is 0.380. The van der Waals surface area contributed by atoms with Crippen LogP contribution in [0.5, 0.6) is 0 Å². The summed E-state index contributed by atoms with van der Waals surface area (Å²) in [7, 11) is 0. The molecule has 1 aliphatic carbocycles. The fraction of sp³-hybridized carbons (Fsp3) is 0.452. The zero-order valence-electron chi connectivity index (χ0n) is 21.4. The summed E-state index contributed by atoms with van der Waals surface area (Å²) in [6, 6.07) is 19.3. The summed E-state index contributed by atoms with van der Waals surface area (Å²) in [6.07, 6.45) is 18.5. The highest BCUT2D eigenvalue weighted by molar-refractivity contribution is 5.31. The lowest BCUT2D eigenvalue weighted by Gasteiger charge is -2.18. The summed E-state index contributed by atoms with van der Waals surface area (Å²) in [6.45, 7) is 4.47. The number of rotatable bonds is 5. The molecule has 1 aliphatic rings. The molecule has 184 valence electrons. The molecule has 0 spiro atoms. The van der Waals surface area contributed by atoms with Crippen LogP contribution in [-0.4, -0.2) is 19.7 Å². The second-order valence-electron chi connectivity index (χ2n) is 10.1. The molecular formula is C31H40N4. The van der Waals surface area contributed by atoms with Crippen molar-refractivity contribution < 1.29 is 0 Å². The van der Waals surface area contributed by atoms with Gasteiger partial charge in [-0.05, 0) is 47.4 Å². The monoisotopic (exact) mass is 468 g/mol. The first-order valence-corrected chi connectivity index (χ1v) is 13.5. The summed E-state index contributed by atoms with van der Waals surface area (Å²) in [5, 5.41) is 5.05. The zero-order valence-corrected chi connectivity index (χ0v) is 21.4. The lowest BCUT2D eigenvalue weighted by atomic mass is 9.86. The Labute approximate surface area is 211 Å². The molecule has 0 N–H and O–H groups in total. The first-order chi connectivity index (χ1) is 17.2. The Morgan fingerprint density at radius 1 is 0.771 bits per heavy atom. The average molecular weight is 469 g/mol. The Morgan fingerprint density at radius 2 is 1.40 bits per heavy atom. The first-order valence-electron chi connectivity index (χ1n) is 13.5. The minimum atomic E-state index is 0.497. The molecule has 0 unspecified atom stereocenters. The molecule has 1 saturated carbocycles. The molecule has 2 aromatic heterocycles. The highest BCUT2D eigenvalue weighted by Crippen LogP contribution is 2.33. The Bertz CT molecular complexity index is 1090. The molecule has 2 heterocycles. The van der Waals surface area contributed by atoms with Crippen LogP contribution in [-0.2, 0) is 6.42 Å². The predicted molar refractivity (Wildman–Crippen MR) is 144 cm³/mol. The molecule has 0 atom stereocenters. The smallest absolute Gasteiger partial charge is 0.220 e. The Morgan fingerprint density at radius 3 is 2.11 bits per heavy atom. The van der Waals surface area contributed by atoms with Crippen molar-refractivity contribution in [1.82, 2.24) is 19.7 Å². The van der Waals surface area contributed by atoms with Gasteiger partial charge in [-0.15, -0.1) is 0 Å². The van der Waals surface area contributed by atoms with Gasteiger partial charge in [0, 0.05) is 25.0 Å². The minimum absolute atomic E-state index is 0.497. The highest BCUT2D eigenvalue weighted by atomic mass is 15.3. The minimum Gasteiger partial charge on any atom is -0.220 e. The van der Waals surface area contributed by atoms with Gasteiger partial charge in [0.05, 0.1) is 5.69 Å². The summed E-state index contributed by atoms with van der Waals surface area (Å²) in [4.78, 5) is 8.93. The molecule has 0 amide bonds. The molecule has 4 heteroatoms. The molecule has 0 radical (unpaired) electrons. The summed E-state index contributed by atoms with van der Waals surface area (Å²) in [5.41, 5.74) is 5.13. The third-order valence-corrected chi connectivity index (χ3v) is 7.08. The van der Waals surface area contributed by atoms with Gasteiger partial charge in [0.2, 0.25) is 5.95 Å². The first kappa shape index (κ1) is 25.1. The van der Waals surface area contributed by atoms with E-state index in [-0.39, 0.29) is 0 Å². The Balaban J connectivity index is 1.69. The molecule has 0 bridgehead atoms. The van der Waals surface area contributed by atoms with Crippen molar-refractivity contribution in [3.8, 4) is 5.95 Å². The van der Waals surface area contributed by atoms with Gasteiger partial charge in [0.25, 0.3) is 0 Å². The lowest BCUT2D eigenvalue weighted by Crippen LogP contribution is -2.04. The fourth-order valence-corrected chi connectivity index (χ4v) is 5.03. The summed E-state index contributed by atoms with van der Waals surface area (Å²) >= 11 is 0. The normalized spacial score (nSPS) is 15.5. The third-order valence-electron chi connectivity index (χ3n) is 7.08. The van der Waals surface area contributed by atoms with E-state index in [0.29, 0.717) is 17.8 Å². The van der Waals surface area contributed by atoms with E-state index in [1.165, 1.54) is 74.5 Å². The molecule has 0 aliphatic heterocycles. The van der Waals surface area contributed by atoms with Crippen molar-refractivity contribution in [2.75, 3.05) is 0 Å². The van der Waals surface area contributed by atoms with E-state index in [1.807, 2.05) is 10.7 Å². The summed E-state index contributed by atoms with van der Waals surface area (Å²) < 4.78 is 1.89. The van der Waals surface area contributed by atoms with E-state index >= 15 is 0 Å². The van der Waals surface area contributed by atoms with Gasteiger partial charge in [-0.1, -0.05) is 107 Å². The van der Waals surface area contributed by atoms with E-state index in [0.717, 1.165) is 12.1 Å². The maximum absolute atomic E-state index is 5.05. The second-order valence-corrected chi connectivity index (χ2v) is 10.1. The standard InChI is InChI=1S/C31H40N4/c1-25(2)27-17-12-8-9-15-26(16-13-20-27)23-30-29(24-35(34-30)31-32-21-14-22-33-31)28-18-10-6-4-3-5-7-11-19-28/h8-9,12-17,20-22,24-25,28H,3-7,10-11,18-19,23H2,1-2H3. The number of hydrogen-bond acceptors (Lipinski definition) is 3. The molecule has 0 saturated heterocycles. The highest BCUT2D eigenvalue weighted by Gasteiger charge is 2.21. The zero-order chi connectivity index (χ0) is 24.3. The third kappa shape index (κ3) is 7.48. The van der Waals surface area contributed by atoms with E-state index in [1.54, 1.807) is 12.4 Å². The molecule has 35 heavy (non-hydrogen) atoms. The van der Waals surface area contributed by atoms with Crippen LogP contribution < -0.4 is 0 Å². The van der Waals surface area contributed by atoms with Crippen molar-refractivity contribution in [2.24, 2.45) is 0 Å². The number of hydrogen-bond donors (Lipinski definition) is 0. The van der Waals surface area contributed by atoms with E-state index < -0.39 is 0 Å². The van der Waals surface area contributed by atoms with Crippen LogP contribution in [0.3, 0.4) is 0 Å². The molecule has 4 nitrogen and oxygen atoms in total. The van der Waals surface area contributed by atoms with Gasteiger partial charge in [-0.25, -0.2) is 14.6 Å². The second kappa shape index (κ2) is 13.2. The van der Waals surface area contributed by atoms with Gasteiger partial charge in [0.15, 0.2) is 0 Å². The SMILES string of the molecule is CC(C)c1cccccc(Cc2nn(-c3ncccn3)cc2C2CCCCCCCCC2)ccc1. The van der Waals surface area contributed by atoms with Crippen LogP contribution in [0.15, 0.2) is 73.2 Å². The molecular weight excluding hydrogens is 428 g/mol. The van der Waals surface area contributed by atoms with Crippen LogP contribution in [0.2, 0.25) is 0 Å². The Hall–Kier alpha value is -3.01. The number of aromatic nitrogens is 4. The maximum atomic E-state index is 5.05. The fourth-order valence-electron chi connectivity index (χ4n) is 5.03. The van der Waals surface area contributed by atoms with Crippen molar-refractivity contribution in [3.63, 3.8) is 0 Å². The lowest BCUT2D eigenvalue weighted by molar-refractivity contribution is 0.461. The Kier molecular flexibility index (Phi) is 9.45. The largest absolute Gasteiger partial charge is 0.250 e. The van der Waals surface area contributed by atoms with Crippen molar-refractivity contribution in [3.05, 3.63) is 95.6 Å². The average Bonchev–Trinajstić information content (AvgIpc) is 3.30. The van der Waals surface area contributed by atoms with Gasteiger partial charge in [-0.3, -0.25) is 0 Å². The predicted octanol–water partition coefficient (Wildman–Crippen LogP) is 8.11. The van der Waals surface area contributed by atoms with Gasteiger partial charge in [0.1, 0.15) is 0 Å². The number of nitrogens with zero attached hydrogens (tertiary/aromatic N) is 4. The van der Waals surface area contributed by atoms with Crippen LogP contribution in [0.4, 0.5) is 0 Å². The van der Waals surface area contributed by atoms with Crippen LogP contribution in [0.1, 0.15) is 106 Å².